The van der Waals surface area contributed by atoms with E-state index in [1.165, 1.54) is 11.0 Å². The Kier molecular flexibility index (Phi) is 4.80. The third-order valence-corrected chi connectivity index (χ3v) is 3.82. The highest BCUT2D eigenvalue weighted by molar-refractivity contribution is 6.01. The SMILES string of the molecule is Cl.O=C(NC1CCN(c2ccccc2F)C1=O)C1CNC1. The van der Waals surface area contributed by atoms with E-state index in [1.54, 1.807) is 18.2 Å². The van der Waals surface area contributed by atoms with Crippen LogP contribution in [-0.2, 0) is 9.59 Å². The van der Waals surface area contributed by atoms with Crippen molar-refractivity contribution >= 4 is 29.9 Å². The first kappa shape index (κ1) is 15.7. The summed E-state index contributed by atoms with van der Waals surface area (Å²) >= 11 is 0. The molecule has 2 N–H and O–H groups in total. The van der Waals surface area contributed by atoms with Gasteiger partial charge in [-0.3, -0.25) is 9.59 Å². The van der Waals surface area contributed by atoms with Gasteiger partial charge in [-0.05, 0) is 18.6 Å². The van der Waals surface area contributed by atoms with Crippen molar-refractivity contribution in [1.82, 2.24) is 10.6 Å². The molecule has 7 heteroatoms. The molecule has 114 valence electrons. The number of carbonyl (C=O) groups is 2. The number of benzene rings is 1. The molecule has 2 aliphatic rings. The summed E-state index contributed by atoms with van der Waals surface area (Å²) in [6.07, 6.45) is 0.513. The average Bonchev–Trinajstić information content (AvgIpc) is 2.70. The molecule has 2 fully saturated rings. The van der Waals surface area contributed by atoms with E-state index in [4.69, 9.17) is 0 Å². The largest absolute Gasteiger partial charge is 0.344 e. The minimum absolute atomic E-state index is 0. The molecular weight excluding hydrogens is 297 g/mol. The van der Waals surface area contributed by atoms with E-state index in [2.05, 4.69) is 10.6 Å². The van der Waals surface area contributed by atoms with Crippen molar-refractivity contribution in [3.05, 3.63) is 30.1 Å². The van der Waals surface area contributed by atoms with E-state index in [9.17, 15) is 14.0 Å². The van der Waals surface area contributed by atoms with Crippen LogP contribution in [0.2, 0.25) is 0 Å². The van der Waals surface area contributed by atoms with E-state index >= 15 is 0 Å². The number of nitrogens with zero attached hydrogens (tertiary/aromatic N) is 1. The zero-order valence-corrected chi connectivity index (χ0v) is 12.2. The normalized spacial score (nSPS) is 21.7. The van der Waals surface area contributed by atoms with Crippen molar-refractivity contribution in [3.63, 3.8) is 0 Å². The van der Waals surface area contributed by atoms with Crippen LogP contribution in [0.5, 0.6) is 0 Å². The van der Waals surface area contributed by atoms with Gasteiger partial charge in [-0.15, -0.1) is 12.4 Å². The van der Waals surface area contributed by atoms with Gasteiger partial charge < -0.3 is 15.5 Å². The number of rotatable bonds is 3. The molecule has 1 unspecified atom stereocenters. The zero-order valence-electron chi connectivity index (χ0n) is 11.3. The standard InChI is InChI=1S/C14H16FN3O2.ClH/c15-10-3-1-2-4-12(10)18-6-5-11(14(18)20)17-13(19)9-7-16-8-9;/h1-4,9,11,16H,5-8H2,(H,17,19);1H. The van der Waals surface area contributed by atoms with Crippen LogP contribution in [0.1, 0.15) is 6.42 Å². The molecule has 2 saturated heterocycles. The van der Waals surface area contributed by atoms with Crippen LogP contribution in [-0.4, -0.2) is 37.5 Å². The molecule has 0 spiro atoms. The fraction of sp³-hybridized carbons (Fsp3) is 0.429. The highest BCUT2D eigenvalue weighted by Crippen LogP contribution is 2.24. The van der Waals surface area contributed by atoms with E-state index in [0.717, 1.165) is 0 Å². The van der Waals surface area contributed by atoms with Crippen molar-refractivity contribution in [2.75, 3.05) is 24.5 Å². The van der Waals surface area contributed by atoms with Gasteiger partial charge in [0, 0.05) is 19.6 Å². The fourth-order valence-corrected chi connectivity index (χ4v) is 2.49. The second kappa shape index (κ2) is 6.41. The maximum Gasteiger partial charge on any atom is 0.249 e. The van der Waals surface area contributed by atoms with Crippen molar-refractivity contribution in [1.29, 1.82) is 0 Å². The maximum atomic E-state index is 13.7. The number of para-hydroxylation sites is 1. The van der Waals surface area contributed by atoms with Gasteiger partial charge in [0.1, 0.15) is 11.9 Å². The van der Waals surface area contributed by atoms with Crippen LogP contribution in [0.3, 0.4) is 0 Å². The molecule has 0 bridgehead atoms. The molecule has 21 heavy (non-hydrogen) atoms. The van der Waals surface area contributed by atoms with Gasteiger partial charge in [0.25, 0.3) is 0 Å². The first-order valence-corrected chi connectivity index (χ1v) is 6.74. The Bertz CT molecular complexity index is 551. The monoisotopic (exact) mass is 313 g/mol. The third-order valence-electron chi connectivity index (χ3n) is 3.82. The van der Waals surface area contributed by atoms with Crippen LogP contribution < -0.4 is 15.5 Å². The van der Waals surface area contributed by atoms with Gasteiger partial charge in [-0.25, -0.2) is 4.39 Å². The summed E-state index contributed by atoms with van der Waals surface area (Å²) in [5.41, 5.74) is 0.277. The quantitative estimate of drug-likeness (QED) is 0.863. The molecule has 0 saturated carbocycles. The predicted octanol–water partition coefficient (Wildman–Crippen LogP) is 0.688. The van der Waals surface area contributed by atoms with Gasteiger partial charge in [0.05, 0.1) is 11.6 Å². The molecule has 1 aromatic rings. The summed E-state index contributed by atoms with van der Waals surface area (Å²) < 4.78 is 13.7. The molecule has 2 aliphatic heterocycles. The third kappa shape index (κ3) is 3.01. The minimum Gasteiger partial charge on any atom is -0.344 e. The lowest BCUT2D eigenvalue weighted by Gasteiger charge is -2.27. The molecule has 2 amide bonds. The smallest absolute Gasteiger partial charge is 0.249 e. The maximum absolute atomic E-state index is 13.7. The summed E-state index contributed by atoms with van der Waals surface area (Å²) in [7, 11) is 0. The molecule has 1 aromatic carbocycles. The molecule has 0 aromatic heterocycles. The second-order valence-electron chi connectivity index (χ2n) is 5.15. The van der Waals surface area contributed by atoms with Crippen LogP contribution in [0.15, 0.2) is 24.3 Å². The molecule has 0 radical (unpaired) electrons. The lowest BCUT2D eigenvalue weighted by atomic mass is 10.0. The summed E-state index contributed by atoms with van der Waals surface area (Å²) in [6, 6.07) is 5.64. The number of amides is 2. The first-order valence-electron chi connectivity index (χ1n) is 6.74. The number of nitrogens with one attached hydrogen (secondary N) is 2. The topological polar surface area (TPSA) is 61.4 Å². The summed E-state index contributed by atoms with van der Waals surface area (Å²) in [5, 5.41) is 5.77. The summed E-state index contributed by atoms with van der Waals surface area (Å²) in [5.74, 6) is -0.811. The van der Waals surface area contributed by atoms with Gasteiger partial charge >= 0.3 is 0 Å². The Balaban J connectivity index is 0.00000161. The Hall–Kier alpha value is -1.66. The van der Waals surface area contributed by atoms with E-state index in [-0.39, 0.29) is 35.8 Å². The van der Waals surface area contributed by atoms with Gasteiger partial charge in [0.15, 0.2) is 0 Å². The highest BCUT2D eigenvalue weighted by Gasteiger charge is 2.36. The fourth-order valence-electron chi connectivity index (χ4n) is 2.49. The average molecular weight is 314 g/mol. The van der Waals surface area contributed by atoms with Gasteiger partial charge in [-0.1, -0.05) is 12.1 Å². The van der Waals surface area contributed by atoms with Crippen LogP contribution in [0.25, 0.3) is 0 Å². The van der Waals surface area contributed by atoms with E-state index in [1.807, 2.05) is 0 Å². The first-order chi connectivity index (χ1) is 9.66. The lowest BCUT2D eigenvalue weighted by molar-refractivity contribution is -0.130. The predicted molar refractivity (Wildman–Crippen MR) is 78.9 cm³/mol. The van der Waals surface area contributed by atoms with E-state index < -0.39 is 11.9 Å². The number of anilines is 1. The molecule has 5 nitrogen and oxygen atoms in total. The molecular formula is C14H17ClFN3O2. The van der Waals surface area contributed by atoms with E-state index in [0.29, 0.717) is 26.1 Å². The Morgan fingerprint density at radius 3 is 2.67 bits per heavy atom. The van der Waals surface area contributed by atoms with Gasteiger partial charge in [-0.2, -0.15) is 0 Å². The summed E-state index contributed by atoms with van der Waals surface area (Å²) in [4.78, 5) is 25.5. The molecule has 2 heterocycles. The highest BCUT2D eigenvalue weighted by atomic mass is 35.5. The number of hydrogen-bond donors (Lipinski definition) is 2. The molecule has 3 rings (SSSR count). The lowest BCUT2D eigenvalue weighted by Crippen LogP contribution is -2.54. The van der Waals surface area contributed by atoms with Crippen LogP contribution in [0.4, 0.5) is 10.1 Å². The minimum atomic E-state index is -0.539. The number of carbonyl (C=O) groups excluding carboxylic acids is 2. The number of halogens is 2. The number of hydrogen-bond acceptors (Lipinski definition) is 3. The van der Waals surface area contributed by atoms with Crippen molar-refractivity contribution in [2.45, 2.75) is 12.5 Å². The van der Waals surface area contributed by atoms with Crippen LogP contribution >= 0.6 is 12.4 Å². The van der Waals surface area contributed by atoms with Crippen molar-refractivity contribution in [2.24, 2.45) is 5.92 Å². The van der Waals surface area contributed by atoms with Crippen molar-refractivity contribution < 1.29 is 14.0 Å². The molecule has 1 atom stereocenters. The second-order valence-corrected chi connectivity index (χ2v) is 5.15. The van der Waals surface area contributed by atoms with Gasteiger partial charge in [0.2, 0.25) is 11.8 Å². The van der Waals surface area contributed by atoms with Crippen molar-refractivity contribution in [3.8, 4) is 0 Å². The Morgan fingerprint density at radius 2 is 2.05 bits per heavy atom. The summed E-state index contributed by atoms with van der Waals surface area (Å²) in [6.45, 7) is 1.74. The molecule has 0 aliphatic carbocycles. The Labute approximate surface area is 128 Å². The zero-order chi connectivity index (χ0) is 14.1. The Morgan fingerprint density at radius 1 is 1.33 bits per heavy atom. The van der Waals surface area contributed by atoms with Crippen LogP contribution in [0, 0.1) is 11.7 Å².